The summed E-state index contributed by atoms with van der Waals surface area (Å²) in [5.41, 5.74) is -1.50. The molecular weight excluding hydrogens is 444 g/mol. The van der Waals surface area contributed by atoms with Crippen LogP contribution in [-0.4, -0.2) is 60.4 Å². The smallest absolute Gasteiger partial charge is 0.408 e. The molecule has 1 aromatic rings. The van der Waals surface area contributed by atoms with Crippen LogP contribution in [0, 0.1) is 17.8 Å². The van der Waals surface area contributed by atoms with E-state index in [0.717, 1.165) is 0 Å². The fourth-order valence-corrected chi connectivity index (χ4v) is 4.87. The van der Waals surface area contributed by atoms with Gasteiger partial charge in [0, 0.05) is 12.3 Å². The van der Waals surface area contributed by atoms with Gasteiger partial charge in [0.2, 0.25) is 5.91 Å². The Labute approximate surface area is 198 Å². The average Bonchev–Trinajstić information content (AvgIpc) is 3.39. The number of fused-ring (bicyclic) bond motifs is 1. The zero-order valence-corrected chi connectivity index (χ0v) is 20.0. The van der Waals surface area contributed by atoms with Gasteiger partial charge in [0.05, 0.1) is 20.1 Å². The van der Waals surface area contributed by atoms with E-state index in [1.807, 2.05) is 0 Å². The van der Waals surface area contributed by atoms with Crippen molar-refractivity contribution in [3.8, 4) is 5.75 Å². The van der Waals surface area contributed by atoms with Crippen LogP contribution in [0.15, 0.2) is 24.3 Å². The number of methoxy groups -OCH3 is 2. The summed E-state index contributed by atoms with van der Waals surface area (Å²) in [5, 5.41) is 14.9. The predicted molar refractivity (Wildman–Crippen MR) is 120 cm³/mol. The molecule has 5 atom stereocenters. The van der Waals surface area contributed by atoms with Gasteiger partial charge >= 0.3 is 18.0 Å². The number of phenolic OH excluding ortho intramolecular Hbond substituents is 1. The van der Waals surface area contributed by atoms with Gasteiger partial charge in [-0.2, -0.15) is 0 Å². The Hall–Kier alpha value is -3.30. The van der Waals surface area contributed by atoms with E-state index in [-0.39, 0.29) is 18.1 Å². The third kappa shape index (κ3) is 5.26. The van der Waals surface area contributed by atoms with Crippen molar-refractivity contribution in [1.82, 2.24) is 10.6 Å². The monoisotopic (exact) mass is 476 g/mol. The SMILES string of the molecule is COC(=O)[C@H]1[C@@H]2CC[C@@](NC(=O)[C@H](Cc3ccc(O)cc3)NC(=O)OC(C)(C)C)(C(=O)OC)[C@@H]21. The zero-order chi connectivity index (χ0) is 25.3. The third-order valence-corrected chi connectivity index (χ3v) is 6.36. The molecule has 0 heterocycles. The van der Waals surface area contributed by atoms with Gasteiger partial charge in [-0.1, -0.05) is 12.1 Å². The predicted octanol–water partition coefficient (Wildman–Crippen LogP) is 1.68. The van der Waals surface area contributed by atoms with E-state index in [2.05, 4.69) is 10.6 Å². The average molecular weight is 477 g/mol. The highest BCUT2D eigenvalue weighted by Gasteiger charge is 2.72. The van der Waals surface area contributed by atoms with Crippen molar-refractivity contribution < 1.29 is 38.5 Å². The fourth-order valence-electron chi connectivity index (χ4n) is 4.87. The molecule has 2 fully saturated rings. The maximum atomic E-state index is 13.5. The topological polar surface area (TPSA) is 140 Å². The number of ether oxygens (including phenoxy) is 3. The van der Waals surface area contributed by atoms with Crippen LogP contribution in [0.2, 0.25) is 0 Å². The van der Waals surface area contributed by atoms with Crippen molar-refractivity contribution in [2.45, 2.75) is 57.2 Å². The maximum absolute atomic E-state index is 13.5. The lowest BCUT2D eigenvalue weighted by Gasteiger charge is -2.32. The van der Waals surface area contributed by atoms with Gasteiger partial charge in [0.1, 0.15) is 22.9 Å². The number of nitrogens with one attached hydrogen (secondary N) is 2. The van der Waals surface area contributed by atoms with Crippen LogP contribution in [0.3, 0.4) is 0 Å². The minimum Gasteiger partial charge on any atom is -0.508 e. The van der Waals surface area contributed by atoms with Crippen molar-refractivity contribution in [3.05, 3.63) is 29.8 Å². The Bertz CT molecular complexity index is 955. The van der Waals surface area contributed by atoms with Crippen molar-refractivity contribution in [3.63, 3.8) is 0 Å². The van der Waals surface area contributed by atoms with Crippen LogP contribution < -0.4 is 10.6 Å². The number of carbonyl (C=O) groups is 4. The molecule has 2 saturated carbocycles. The Kier molecular flexibility index (Phi) is 7.09. The number of carbonyl (C=O) groups excluding carboxylic acids is 4. The first-order chi connectivity index (χ1) is 15.9. The molecular formula is C24H32N2O8. The quantitative estimate of drug-likeness (QED) is 0.399. The van der Waals surface area contributed by atoms with Gasteiger partial charge in [-0.15, -0.1) is 0 Å². The Balaban J connectivity index is 1.84. The molecule has 34 heavy (non-hydrogen) atoms. The molecule has 2 aliphatic rings. The summed E-state index contributed by atoms with van der Waals surface area (Å²) in [7, 11) is 2.51. The number of amides is 2. The van der Waals surface area contributed by atoms with E-state index >= 15 is 0 Å². The second kappa shape index (κ2) is 9.52. The number of rotatable bonds is 7. The lowest BCUT2D eigenvalue weighted by molar-refractivity contribution is -0.153. The van der Waals surface area contributed by atoms with Gasteiger partial charge in [-0.3, -0.25) is 9.59 Å². The molecule has 0 unspecified atom stereocenters. The molecule has 3 N–H and O–H groups in total. The summed E-state index contributed by atoms with van der Waals surface area (Å²) in [6.07, 6.45) is 0.160. The standard InChI is InChI=1S/C24H32N2O8/c1-23(2,3)34-22(31)25-16(12-13-6-8-14(27)9-7-13)19(28)26-24(21(30)33-5)11-10-15-17(18(15)24)20(29)32-4/h6-9,15-18,27H,10-12H2,1-5H3,(H,25,31)(H,26,28)/t15-,16-,17-,18-,24-/m0/s1. The van der Waals surface area contributed by atoms with Crippen molar-refractivity contribution >= 4 is 23.9 Å². The highest BCUT2D eigenvalue weighted by molar-refractivity contribution is 5.94. The van der Waals surface area contributed by atoms with E-state index in [1.165, 1.54) is 26.4 Å². The van der Waals surface area contributed by atoms with E-state index < -0.39 is 53.0 Å². The van der Waals surface area contributed by atoms with Crippen molar-refractivity contribution in [1.29, 1.82) is 0 Å². The van der Waals surface area contributed by atoms with Crippen LogP contribution >= 0.6 is 0 Å². The van der Waals surface area contributed by atoms with E-state index in [0.29, 0.717) is 18.4 Å². The lowest BCUT2D eigenvalue weighted by Crippen LogP contribution is -2.61. The first-order valence-corrected chi connectivity index (χ1v) is 11.2. The Morgan fingerprint density at radius 3 is 2.32 bits per heavy atom. The molecule has 0 bridgehead atoms. The number of alkyl carbamates (subject to hydrolysis) is 1. The van der Waals surface area contributed by atoms with Crippen LogP contribution in [0.1, 0.15) is 39.2 Å². The van der Waals surface area contributed by atoms with Gasteiger partial charge in [0.25, 0.3) is 0 Å². The van der Waals surface area contributed by atoms with Crippen molar-refractivity contribution in [2.75, 3.05) is 14.2 Å². The first kappa shape index (κ1) is 25.3. The van der Waals surface area contributed by atoms with E-state index in [1.54, 1.807) is 32.9 Å². The molecule has 0 aromatic heterocycles. The molecule has 0 aliphatic heterocycles. The maximum Gasteiger partial charge on any atom is 0.408 e. The summed E-state index contributed by atoms with van der Waals surface area (Å²) in [5.74, 6) is -2.62. The number of aromatic hydroxyl groups is 1. The zero-order valence-electron chi connectivity index (χ0n) is 20.0. The second-order valence-electron chi connectivity index (χ2n) is 9.80. The number of benzene rings is 1. The van der Waals surface area contributed by atoms with E-state index in [4.69, 9.17) is 14.2 Å². The molecule has 0 radical (unpaired) electrons. The van der Waals surface area contributed by atoms with Gasteiger partial charge in [-0.05, 0) is 57.2 Å². The van der Waals surface area contributed by atoms with Gasteiger partial charge < -0.3 is 30.0 Å². The molecule has 10 nitrogen and oxygen atoms in total. The molecule has 186 valence electrons. The molecule has 1 aromatic carbocycles. The highest BCUT2D eigenvalue weighted by Crippen LogP contribution is 2.63. The van der Waals surface area contributed by atoms with Crippen LogP contribution in [-0.2, 0) is 35.0 Å². The Morgan fingerprint density at radius 1 is 1.12 bits per heavy atom. The number of phenols is 1. The first-order valence-electron chi connectivity index (χ1n) is 11.2. The van der Waals surface area contributed by atoms with Crippen LogP contribution in [0.25, 0.3) is 0 Å². The molecule has 0 spiro atoms. The largest absolute Gasteiger partial charge is 0.508 e. The minimum atomic E-state index is -1.39. The molecule has 10 heteroatoms. The summed E-state index contributed by atoms with van der Waals surface area (Å²) in [4.78, 5) is 51.0. The Morgan fingerprint density at radius 2 is 1.76 bits per heavy atom. The summed E-state index contributed by atoms with van der Waals surface area (Å²) >= 11 is 0. The van der Waals surface area contributed by atoms with Gasteiger partial charge in [0.15, 0.2) is 0 Å². The van der Waals surface area contributed by atoms with Crippen LogP contribution in [0.4, 0.5) is 4.79 Å². The third-order valence-electron chi connectivity index (χ3n) is 6.36. The fraction of sp³-hybridized carbons (Fsp3) is 0.583. The van der Waals surface area contributed by atoms with Gasteiger partial charge in [-0.25, -0.2) is 9.59 Å². The molecule has 2 amide bonds. The summed E-state index contributed by atoms with van der Waals surface area (Å²) in [6.45, 7) is 5.10. The molecule has 2 aliphatic carbocycles. The van der Waals surface area contributed by atoms with Crippen molar-refractivity contribution in [2.24, 2.45) is 17.8 Å². The highest BCUT2D eigenvalue weighted by atomic mass is 16.6. The van der Waals surface area contributed by atoms with E-state index in [9.17, 15) is 24.3 Å². The molecule has 0 saturated heterocycles. The summed E-state index contributed by atoms with van der Waals surface area (Å²) in [6, 6.07) is 5.11. The molecule has 3 rings (SSSR count). The number of hydrogen-bond acceptors (Lipinski definition) is 8. The second-order valence-corrected chi connectivity index (χ2v) is 9.80. The van der Waals surface area contributed by atoms with Crippen LogP contribution in [0.5, 0.6) is 5.75 Å². The number of hydrogen-bond donors (Lipinski definition) is 3. The normalized spacial score (nSPS) is 26.0. The number of esters is 2. The minimum absolute atomic E-state index is 0.0640. The summed E-state index contributed by atoms with van der Waals surface area (Å²) < 4.78 is 15.2. The lowest BCUT2D eigenvalue weighted by atomic mass is 9.89.